The molecule has 1 saturated carbocycles. The van der Waals surface area contributed by atoms with Crippen LogP contribution < -0.4 is 5.32 Å². The molecule has 0 bridgehead atoms. The second-order valence-electron chi connectivity index (χ2n) is 5.84. The molecule has 4 heteroatoms. The van der Waals surface area contributed by atoms with E-state index in [0.717, 1.165) is 29.3 Å². The standard InChI is InChI=1S/C15H23BrN2O/c1-11-4-3-5-12(8-11)6-7-17-15(19)14-9-13(16)10-18(14)2/h9-12H,3-8H2,1-2H3,(H,17,19). The van der Waals surface area contributed by atoms with Gasteiger partial charge in [-0.25, -0.2) is 0 Å². The molecule has 0 spiro atoms. The minimum absolute atomic E-state index is 0.0251. The van der Waals surface area contributed by atoms with E-state index in [2.05, 4.69) is 28.2 Å². The largest absolute Gasteiger partial charge is 0.351 e. The summed E-state index contributed by atoms with van der Waals surface area (Å²) in [6.07, 6.45) is 8.39. The highest BCUT2D eigenvalue weighted by Crippen LogP contribution is 2.30. The number of amides is 1. The second-order valence-corrected chi connectivity index (χ2v) is 6.75. The van der Waals surface area contributed by atoms with E-state index in [9.17, 15) is 4.79 Å². The molecule has 1 N–H and O–H groups in total. The second kappa shape index (κ2) is 6.60. The summed E-state index contributed by atoms with van der Waals surface area (Å²) in [5.74, 6) is 1.68. The molecule has 1 fully saturated rings. The van der Waals surface area contributed by atoms with E-state index in [-0.39, 0.29) is 5.91 Å². The van der Waals surface area contributed by atoms with Gasteiger partial charge < -0.3 is 9.88 Å². The summed E-state index contributed by atoms with van der Waals surface area (Å²) in [6.45, 7) is 3.13. The quantitative estimate of drug-likeness (QED) is 0.898. The number of nitrogens with zero attached hydrogens (tertiary/aromatic N) is 1. The first-order valence-electron chi connectivity index (χ1n) is 7.16. The van der Waals surface area contributed by atoms with Gasteiger partial charge in [0.2, 0.25) is 0 Å². The molecule has 2 atom stereocenters. The third-order valence-electron chi connectivity index (χ3n) is 4.09. The van der Waals surface area contributed by atoms with E-state index in [1.165, 1.54) is 25.7 Å². The van der Waals surface area contributed by atoms with Crippen molar-refractivity contribution in [3.63, 3.8) is 0 Å². The van der Waals surface area contributed by atoms with Crippen LogP contribution >= 0.6 is 15.9 Å². The van der Waals surface area contributed by atoms with Gasteiger partial charge in [-0.1, -0.05) is 26.2 Å². The predicted molar refractivity (Wildman–Crippen MR) is 81.2 cm³/mol. The molecular formula is C15H23BrN2O. The zero-order valence-electron chi connectivity index (χ0n) is 11.8. The molecule has 0 aromatic carbocycles. The van der Waals surface area contributed by atoms with Crippen LogP contribution in [0.4, 0.5) is 0 Å². The Hall–Kier alpha value is -0.770. The van der Waals surface area contributed by atoms with Crippen molar-refractivity contribution >= 4 is 21.8 Å². The number of carbonyl (C=O) groups excluding carboxylic acids is 1. The van der Waals surface area contributed by atoms with Crippen LogP contribution in [0, 0.1) is 11.8 Å². The average molecular weight is 327 g/mol. The maximum atomic E-state index is 12.0. The molecule has 2 unspecified atom stereocenters. The Morgan fingerprint density at radius 2 is 2.32 bits per heavy atom. The SMILES string of the molecule is CC1CCCC(CCNC(=O)c2cc(Br)cn2C)C1. The number of hydrogen-bond donors (Lipinski definition) is 1. The Balaban J connectivity index is 1.76. The summed E-state index contributed by atoms with van der Waals surface area (Å²) in [5.41, 5.74) is 0.712. The molecule has 0 radical (unpaired) electrons. The lowest BCUT2D eigenvalue weighted by Gasteiger charge is -2.26. The van der Waals surface area contributed by atoms with Crippen molar-refractivity contribution in [1.82, 2.24) is 9.88 Å². The zero-order chi connectivity index (χ0) is 13.8. The van der Waals surface area contributed by atoms with Crippen LogP contribution in [0.1, 0.15) is 49.5 Å². The molecule has 1 aromatic heterocycles. The highest BCUT2D eigenvalue weighted by Gasteiger charge is 2.19. The number of aromatic nitrogens is 1. The highest BCUT2D eigenvalue weighted by molar-refractivity contribution is 9.10. The number of rotatable bonds is 4. The van der Waals surface area contributed by atoms with Crippen LogP contribution in [0.2, 0.25) is 0 Å². The van der Waals surface area contributed by atoms with Gasteiger partial charge >= 0.3 is 0 Å². The van der Waals surface area contributed by atoms with Gasteiger partial charge in [0.1, 0.15) is 5.69 Å². The van der Waals surface area contributed by atoms with Crippen LogP contribution in [-0.2, 0) is 7.05 Å². The van der Waals surface area contributed by atoms with Gasteiger partial charge in [0, 0.05) is 24.3 Å². The summed E-state index contributed by atoms with van der Waals surface area (Å²) >= 11 is 3.39. The zero-order valence-corrected chi connectivity index (χ0v) is 13.4. The van der Waals surface area contributed by atoms with Crippen molar-refractivity contribution in [2.75, 3.05) is 6.54 Å². The van der Waals surface area contributed by atoms with Gasteiger partial charge in [-0.15, -0.1) is 0 Å². The summed E-state index contributed by atoms with van der Waals surface area (Å²) in [5, 5.41) is 3.03. The predicted octanol–water partition coefficient (Wildman–Crippen LogP) is 3.73. The summed E-state index contributed by atoms with van der Waals surface area (Å²) in [4.78, 5) is 12.0. The van der Waals surface area contributed by atoms with Gasteiger partial charge in [0.05, 0.1) is 0 Å². The third kappa shape index (κ3) is 4.10. The summed E-state index contributed by atoms with van der Waals surface area (Å²) in [7, 11) is 1.89. The van der Waals surface area contributed by atoms with Gasteiger partial charge in [-0.3, -0.25) is 4.79 Å². The average Bonchev–Trinajstić information content (AvgIpc) is 2.68. The molecule has 1 amide bonds. The van der Waals surface area contributed by atoms with E-state index in [4.69, 9.17) is 0 Å². The van der Waals surface area contributed by atoms with Crippen molar-refractivity contribution in [3.05, 3.63) is 22.4 Å². The highest BCUT2D eigenvalue weighted by atomic mass is 79.9. The van der Waals surface area contributed by atoms with Gasteiger partial charge in [0.15, 0.2) is 0 Å². The fourth-order valence-corrected chi connectivity index (χ4v) is 3.58. The fourth-order valence-electron chi connectivity index (χ4n) is 3.05. The Bertz CT molecular complexity index is 441. The Morgan fingerprint density at radius 1 is 1.53 bits per heavy atom. The maximum Gasteiger partial charge on any atom is 0.267 e. The van der Waals surface area contributed by atoms with Crippen LogP contribution in [0.5, 0.6) is 0 Å². The smallest absolute Gasteiger partial charge is 0.267 e. The number of halogens is 1. The molecule has 1 aromatic rings. The number of aryl methyl sites for hydroxylation is 1. The molecular weight excluding hydrogens is 304 g/mol. The van der Waals surface area contributed by atoms with Crippen molar-refractivity contribution in [2.45, 2.75) is 39.0 Å². The summed E-state index contributed by atoms with van der Waals surface area (Å²) < 4.78 is 2.79. The molecule has 1 aliphatic rings. The number of hydrogen-bond acceptors (Lipinski definition) is 1. The summed E-state index contributed by atoms with van der Waals surface area (Å²) in [6, 6.07) is 1.86. The third-order valence-corrected chi connectivity index (χ3v) is 4.52. The number of nitrogens with one attached hydrogen (secondary N) is 1. The first-order chi connectivity index (χ1) is 9.06. The van der Waals surface area contributed by atoms with Gasteiger partial charge in [-0.05, 0) is 46.7 Å². The normalized spacial score (nSPS) is 23.3. The Morgan fingerprint density at radius 3 is 2.95 bits per heavy atom. The van der Waals surface area contributed by atoms with E-state index in [1.807, 2.05) is 23.9 Å². The Labute approximate surface area is 123 Å². The minimum Gasteiger partial charge on any atom is -0.351 e. The van der Waals surface area contributed by atoms with Crippen LogP contribution in [0.3, 0.4) is 0 Å². The maximum absolute atomic E-state index is 12.0. The Kier molecular flexibility index (Phi) is 5.08. The number of carbonyl (C=O) groups is 1. The monoisotopic (exact) mass is 326 g/mol. The topological polar surface area (TPSA) is 34.0 Å². The first kappa shape index (κ1) is 14.6. The van der Waals surface area contributed by atoms with E-state index >= 15 is 0 Å². The van der Waals surface area contributed by atoms with Crippen molar-refractivity contribution < 1.29 is 4.79 Å². The van der Waals surface area contributed by atoms with Gasteiger partial charge in [-0.2, -0.15) is 0 Å². The van der Waals surface area contributed by atoms with E-state index in [1.54, 1.807) is 0 Å². The molecule has 0 aliphatic heterocycles. The lowest BCUT2D eigenvalue weighted by Crippen LogP contribution is -2.28. The van der Waals surface area contributed by atoms with Crippen molar-refractivity contribution in [1.29, 1.82) is 0 Å². The van der Waals surface area contributed by atoms with Gasteiger partial charge in [0.25, 0.3) is 5.91 Å². The lowest BCUT2D eigenvalue weighted by molar-refractivity contribution is 0.0941. The molecule has 19 heavy (non-hydrogen) atoms. The molecule has 3 nitrogen and oxygen atoms in total. The lowest BCUT2D eigenvalue weighted by atomic mass is 9.81. The van der Waals surface area contributed by atoms with Crippen LogP contribution in [0.25, 0.3) is 0 Å². The first-order valence-corrected chi connectivity index (χ1v) is 7.95. The molecule has 1 heterocycles. The van der Waals surface area contributed by atoms with E-state index < -0.39 is 0 Å². The minimum atomic E-state index is 0.0251. The van der Waals surface area contributed by atoms with Crippen molar-refractivity contribution in [3.8, 4) is 0 Å². The fraction of sp³-hybridized carbons (Fsp3) is 0.667. The van der Waals surface area contributed by atoms with E-state index in [0.29, 0.717) is 5.69 Å². The molecule has 1 aliphatic carbocycles. The molecule has 106 valence electrons. The molecule has 0 saturated heterocycles. The van der Waals surface area contributed by atoms with Crippen molar-refractivity contribution in [2.24, 2.45) is 18.9 Å². The van der Waals surface area contributed by atoms with Crippen LogP contribution in [-0.4, -0.2) is 17.0 Å². The molecule has 2 rings (SSSR count). The van der Waals surface area contributed by atoms with Crippen LogP contribution in [0.15, 0.2) is 16.7 Å².